The molecule has 1 rings (SSSR count). The molecule has 28 heavy (non-hydrogen) atoms. The number of rotatable bonds is 4. The molecule has 164 valence electrons. The average molecular weight is 416 g/mol. The normalized spacial score (nSPS) is 27.4. The van der Waals surface area contributed by atoms with E-state index in [1.54, 1.807) is 0 Å². The molecule has 0 aliphatic heterocycles. The topological polar surface area (TPSA) is 52.6 Å². The van der Waals surface area contributed by atoms with Crippen LogP contribution in [-0.2, 0) is 19.1 Å². The third kappa shape index (κ3) is 3.73. The van der Waals surface area contributed by atoms with Gasteiger partial charge in [0, 0.05) is 12.8 Å². The van der Waals surface area contributed by atoms with Crippen LogP contribution in [0.2, 0.25) is 0 Å². The molecule has 9 heteroatoms. The highest BCUT2D eigenvalue weighted by atomic mass is 19.3. The lowest BCUT2D eigenvalue weighted by molar-refractivity contribution is -0.270. The van der Waals surface area contributed by atoms with Crippen molar-refractivity contribution in [1.82, 2.24) is 0 Å². The summed E-state index contributed by atoms with van der Waals surface area (Å²) in [6.45, 7) is 9.39. The quantitative estimate of drug-likeness (QED) is 0.364. The highest BCUT2D eigenvalue weighted by molar-refractivity contribution is 6.02. The summed E-state index contributed by atoms with van der Waals surface area (Å²) >= 11 is 0. The van der Waals surface area contributed by atoms with Crippen molar-refractivity contribution in [2.75, 3.05) is 0 Å². The van der Waals surface area contributed by atoms with E-state index in [0.29, 0.717) is 0 Å². The zero-order chi connectivity index (χ0) is 22.6. The Bertz CT molecular complexity index is 600. The second-order valence-corrected chi connectivity index (χ2v) is 9.39. The Morgan fingerprint density at radius 3 is 1.46 bits per heavy atom. The number of hydrogen-bond acceptors (Lipinski definition) is 4. The van der Waals surface area contributed by atoms with Gasteiger partial charge >= 0.3 is 17.9 Å². The van der Waals surface area contributed by atoms with Gasteiger partial charge in [-0.2, -0.15) is 0 Å². The number of alkyl halides is 5. The Kier molecular flexibility index (Phi) is 6.01. The number of ether oxygens (including phenoxy) is 2. The van der Waals surface area contributed by atoms with Crippen LogP contribution in [0.4, 0.5) is 22.0 Å². The van der Waals surface area contributed by atoms with Crippen LogP contribution < -0.4 is 0 Å². The molecule has 2 unspecified atom stereocenters. The van der Waals surface area contributed by atoms with E-state index in [0.717, 1.165) is 0 Å². The molecule has 0 aromatic carbocycles. The van der Waals surface area contributed by atoms with Crippen molar-refractivity contribution in [2.45, 2.75) is 96.9 Å². The molecular formula is C19H29F5O4. The molecule has 1 aliphatic rings. The van der Waals surface area contributed by atoms with Crippen LogP contribution in [0.1, 0.15) is 68.2 Å². The van der Waals surface area contributed by atoms with Gasteiger partial charge in [-0.1, -0.05) is 6.92 Å². The summed E-state index contributed by atoms with van der Waals surface area (Å²) in [5.74, 6) is -15.1. The molecule has 4 nitrogen and oxygen atoms in total. The van der Waals surface area contributed by atoms with Gasteiger partial charge in [0.05, 0.1) is 0 Å². The molecule has 1 aliphatic carbocycles. The Morgan fingerprint density at radius 2 is 1.25 bits per heavy atom. The van der Waals surface area contributed by atoms with E-state index < -0.39 is 64.8 Å². The number of hydrogen-bond donors (Lipinski definition) is 0. The maximum Gasteiger partial charge on any atom is 0.330 e. The standard InChI is InChI=1S/C19H29F5O4/c1-9-11-10-17(12(25)27-14(2,3)4,13(26)28-15(5,6)7)19(23,24)18(11,22)16(8,20)21/h11H,9-10H2,1-8H3. The maximum absolute atomic E-state index is 15.4. The molecule has 0 bridgehead atoms. The number of carbonyl (C=O) groups excluding carboxylic acids is 2. The fourth-order valence-corrected chi connectivity index (χ4v) is 3.50. The second-order valence-electron chi connectivity index (χ2n) is 9.39. The third-order valence-corrected chi connectivity index (χ3v) is 4.73. The van der Waals surface area contributed by atoms with Crippen molar-refractivity contribution in [3.8, 4) is 0 Å². The van der Waals surface area contributed by atoms with E-state index in [2.05, 4.69) is 0 Å². The van der Waals surface area contributed by atoms with Gasteiger partial charge in [0.1, 0.15) is 11.2 Å². The van der Waals surface area contributed by atoms with E-state index in [4.69, 9.17) is 9.47 Å². The van der Waals surface area contributed by atoms with Crippen molar-refractivity contribution in [2.24, 2.45) is 11.3 Å². The van der Waals surface area contributed by atoms with Gasteiger partial charge in [-0.25, -0.2) is 22.0 Å². The molecule has 0 heterocycles. The second kappa shape index (κ2) is 6.83. The van der Waals surface area contributed by atoms with Crippen molar-refractivity contribution in [3.63, 3.8) is 0 Å². The molecular weight excluding hydrogens is 387 g/mol. The summed E-state index contributed by atoms with van der Waals surface area (Å²) in [6.07, 6.45) is -1.59. The van der Waals surface area contributed by atoms with E-state index in [1.807, 2.05) is 0 Å². The van der Waals surface area contributed by atoms with Crippen molar-refractivity contribution in [1.29, 1.82) is 0 Å². The molecule has 1 fully saturated rings. The number of halogens is 5. The molecule has 0 N–H and O–H groups in total. The molecule has 0 spiro atoms. The summed E-state index contributed by atoms with van der Waals surface area (Å²) in [4.78, 5) is 25.6. The zero-order valence-corrected chi connectivity index (χ0v) is 17.5. The zero-order valence-electron chi connectivity index (χ0n) is 17.5. The third-order valence-electron chi connectivity index (χ3n) is 4.73. The van der Waals surface area contributed by atoms with Gasteiger partial charge in [0.25, 0.3) is 5.92 Å². The number of carbonyl (C=O) groups is 2. The SMILES string of the molecule is CCC1CC(C(=O)OC(C)(C)C)(C(=O)OC(C)(C)C)C(F)(F)C1(F)C(C)(F)F. The van der Waals surface area contributed by atoms with Crippen LogP contribution in [0.5, 0.6) is 0 Å². The van der Waals surface area contributed by atoms with Gasteiger partial charge in [0.2, 0.25) is 11.1 Å². The highest BCUT2D eigenvalue weighted by Crippen LogP contribution is 2.66. The smallest absolute Gasteiger partial charge is 0.330 e. The predicted molar refractivity (Wildman–Crippen MR) is 91.9 cm³/mol. The Labute approximate surface area is 162 Å². The molecule has 0 amide bonds. The summed E-state index contributed by atoms with van der Waals surface area (Å²) in [5, 5.41) is 0. The molecule has 0 radical (unpaired) electrons. The number of esters is 2. The highest BCUT2D eigenvalue weighted by Gasteiger charge is 2.88. The molecule has 1 saturated carbocycles. The van der Waals surface area contributed by atoms with Crippen LogP contribution in [0, 0.1) is 11.3 Å². The van der Waals surface area contributed by atoms with Crippen LogP contribution in [0.15, 0.2) is 0 Å². The maximum atomic E-state index is 15.4. The lowest BCUT2D eigenvalue weighted by Gasteiger charge is -2.40. The van der Waals surface area contributed by atoms with Crippen molar-refractivity contribution >= 4 is 11.9 Å². The van der Waals surface area contributed by atoms with Gasteiger partial charge < -0.3 is 9.47 Å². The molecule has 0 aromatic heterocycles. The monoisotopic (exact) mass is 416 g/mol. The fraction of sp³-hybridized carbons (Fsp3) is 0.895. The van der Waals surface area contributed by atoms with Crippen LogP contribution in [-0.4, -0.2) is 40.7 Å². The summed E-state index contributed by atoms with van der Waals surface area (Å²) in [7, 11) is 0. The largest absolute Gasteiger partial charge is 0.459 e. The minimum atomic E-state index is -5.07. The lowest BCUT2D eigenvalue weighted by Crippen LogP contribution is -2.64. The van der Waals surface area contributed by atoms with E-state index in [-0.39, 0.29) is 6.92 Å². The minimum Gasteiger partial charge on any atom is -0.459 e. The van der Waals surface area contributed by atoms with E-state index >= 15 is 13.2 Å². The van der Waals surface area contributed by atoms with Crippen molar-refractivity contribution < 1.29 is 41.0 Å². The molecule has 2 atom stereocenters. The summed E-state index contributed by atoms with van der Waals surface area (Å²) in [5.41, 5.74) is -10.6. The average Bonchev–Trinajstić information content (AvgIpc) is 2.61. The van der Waals surface area contributed by atoms with E-state index in [1.165, 1.54) is 48.5 Å². The first-order chi connectivity index (χ1) is 12.2. The fourth-order valence-electron chi connectivity index (χ4n) is 3.50. The molecule has 0 aromatic rings. The first-order valence-corrected chi connectivity index (χ1v) is 9.09. The lowest BCUT2D eigenvalue weighted by atomic mass is 9.78. The Hall–Kier alpha value is -1.41. The van der Waals surface area contributed by atoms with Crippen LogP contribution >= 0.6 is 0 Å². The first kappa shape index (κ1) is 24.6. The van der Waals surface area contributed by atoms with Crippen molar-refractivity contribution in [3.05, 3.63) is 0 Å². The van der Waals surface area contributed by atoms with E-state index in [9.17, 15) is 18.4 Å². The van der Waals surface area contributed by atoms with Gasteiger partial charge in [-0.05, 0) is 54.4 Å². The predicted octanol–water partition coefficient (Wildman–Crippen LogP) is 5.08. The molecule has 0 saturated heterocycles. The van der Waals surface area contributed by atoms with Gasteiger partial charge in [-0.15, -0.1) is 0 Å². The first-order valence-electron chi connectivity index (χ1n) is 9.09. The minimum absolute atomic E-state index is 0.0177. The van der Waals surface area contributed by atoms with Crippen LogP contribution in [0.3, 0.4) is 0 Å². The Morgan fingerprint density at radius 1 is 0.893 bits per heavy atom. The van der Waals surface area contributed by atoms with Gasteiger partial charge in [-0.3, -0.25) is 9.59 Å². The Balaban J connectivity index is 3.77. The summed E-state index contributed by atoms with van der Waals surface area (Å²) < 4.78 is 84.5. The summed E-state index contributed by atoms with van der Waals surface area (Å²) in [6, 6.07) is 0. The van der Waals surface area contributed by atoms with Crippen LogP contribution in [0.25, 0.3) is 0 Å². The van der Waals surface area contributed by atoms with Gasteiger partial charge in [0.15, 0.2) is 0 Å².